The summed E-state index contributed by atoms with van der Waals surface area (Å²) in [5.74, 6) is 0.611. The summed E-state index contributed by atoms with van der Waals surface area (Å²) in [4.78, 5) is 11.6. The van der Waals surface area contributed by atoms with Crippen LogP contribution < -0.4 is 5.56 Å². The molecule has 2 nitrogen and oxygen atoms in total. The van der Waals surface area contributed by atoms with Gasteiger partial charge in [-0.3, -0.25) is 4.79 Å². The fourth-order valence-corrected chi connectivity index (χ4v) is 2.39. The van der Waals surface area contributed by atoms with Crippen molar-refractivity contribution in [3.63, 3.8) is 0 Å². The molecule has 0 N–H and O–H groups in total. The van der Waals surface area contributed by atoms with E-state index in [1.807, 2.05) is 6.20 Å². The molecule has 0 aromatic carbocycles. The summed E-state index contributed by atoms with van der Waals surface area (Å²) in [5.41, 5.74) is 0.0360. The molecule has 0 aliphatic rings. The second-order valence-electron chi connectivity index (χ2n) is 3.69. The number of nitrogens with zero attached hydrogens (tertiary/aromatic N) is 1. The number of aromatic nitrogens is 1. The van der Waals surface area contributed by atoms with Gasteiger partial charge in [-0.1, -0.05) is 13.8 Å². The molecule has 0 amide bonds. The van der Waals surface area contributed by atoms with Gasteiger partial charge in [0.2, 0.25) is 0 Å². The van der Waals surface area contributed by atoms with Gasteiger partial charge in [0, 0.05) is 17.2 Å². The van der Waals surface area contributed by atoms with Crippen LogP contribution in [0, 0.1) is 5.92 Å². The minimum atomic E-state index is 0.0360. The Kier molecular flexibility index (Phi) is 4.38. The molecule has 0 bridgehead atoms. The summed E-state index contributed by atoms with van der Waals surface area (Å²) in [7, 11) is 0. The summed E-state index contributed by atoms with van der Waals surface area (Å²) < 4.78 is 3.26. The molecule has 0 spiro atoms. The highest BCUT2D eigenvalue weighted by molar-refractivity contribution is 9.11. The molecular formula is C10H13Br2NO. The Bertz CT molecular complexity index is 371. The Morgan fingerprint density at radius 1 is 1.43 bits per heavy atom. The lowest BCUT2D eigenvalue weighted by Gasteiger charge is -2.08. The Morgan fingerprint density at radius 2 is 2.07 bits per heavy atom. The van der Waals surface area contributed by atoms with Crippen LogP contribution in [0.25, 0.3) is 0 Å². The van der Waals surface area contributed by atoms with E-state index in [1.54, 1.807) is 10.6 Å². The smallest absolute Gasteiger partial charge is 0.264 e. The molecule has 0 saturated heterocycles. The Balaban J connectivity index is 2.91. The van der Waals surface area contributed by atoms with E-state index in [9.17, 15) is 4.79 Å². The van der Waals surface area contributed by atoms with Crippen LogP contribution in [0.4, 0.5) is 0 Å². The highest BCUT2D eigenvalue weighted by Crippen LogP contribution is 2.13. The second kappa shape index (κ2) is 5.12. The van der Waals surface area contributed by atoms with Crippen LogP contribution in [-0.4, -0.2) is 4.57 Å². The van der Waals surface area contributed by atoms with Crippen molar-refractivity contribution in [2.75, 3.05) is 0 Å². The SMILES string of the molecule is CC(C)CCn1cc(Br)cc(Br)c1=O. The first kappa shape index (κ1) is 12.0. The lowest BCUT2D eigenvalue weighted by Crippen LogP contribution is -2.20. The highest BCUT2D eigenvalue weighted by Gasteiger charge is 2.03. The maximum atomic E-state index is 11.6. The van der Waals surface area contributed by atoms with E-state index in [-0.39, 0.29) is 5.56 Å². The van der Waals surface area contributed by atoms with Crippen LogP contribution in [0.1, 0.15) is 20.3 Å². The molecule has 1 aromatic rings. The number of aryl methyl sites for hydroxylation is 1. The number of rotatable bonds is 3. The van der Waals surface area contributed by atoms with E-state index in [1.165, 1.54) is 0 Å². The first-order valence-corrected chi connectivity index (χ1v) is 6.15. The number of hydrogen-bond acceptors (Lipinski definition) is 1. The van der Waals surface area contributed by atoms with Gasteiger partial charge in [-0.25, -0.2) is 0 Å². The maximum absolute atomic E-state index is 11.6. The first-order chi connectivity index (χ1) is 6.50. The van der Waals surface area contributed by atoms with E-state index < -0.39 is 0 Å². The van der Waals surface area contributed by atoms with Crippen molar-refractivity contribution in [3.05, 3.63) is 31.6 Å². The molecule has 0 aliphatic heterocycles. The van der Waals surface area contributed by atoms with Crippen molar-refractivity contribution >= 4 is 31.9 Å². The summed E-state index contributed by atoms with van der Waals surface area (Å²) in [6, 6.07) is 1.77. The highest BCUT2D eigenvalue weighted by atomic mass is 79.9. The molecular weight excluding hydrogens is 310 g/mol. The molecule has 1 rings (SSSR count). The van der Waals surface area contributed by atoms with Crippen molar-refractivity contribution < 1.29 is 0 Å². The zero-order valence-corrected chi connectivity index (χ0v) is 11.4. The van der Waals surface area contributed by atoms with E-state index in [4.69, 9.17) is 0 Å². The minimum Gasteiger partial charge on any atom is -0.313 e. The summed E-state index contributed by atoms with van der Waals surface area (Å²) >= 11 is 6.60. The molecule has 1 heterocycles. The van der Waals surface area contributed by atoms with Crippen molar-refractivity contribution in [2.24, 2.45) is 5.92 Å². The predicted octanol–water partition coefficient (Wildman–Crippen LogP) is 3.42. The van der Waals surface area contributed by atoms with Gasteiger partial charge in [-0.05, 0) is 50.3 Å². The van der Waals surface area contributed by atoms with Gasteiger partial charge in [-0.2, -0.15) is 0 Å². The van der Waals surface area contributed by atoms with Crippen molar-refractivity contribution in [2.45, 2.75) is 26.8 Å². The average molecular weight is 323 g/mol. The molecule has 0 aliphatic carbocycles. The van der Waals surface area contributed by atoms with Crippen LogP contribution in [-0.2, 0) is 6.54 Å². The fraction of sp³-hybridized carbons (Fsp3) is 0.500. The van der Waals surface area contributed by atoms with Gasteiger partial charge in [0.1, 0.15) is 0 Å². The normalized spacial score (nSPS) is 10.9. The average Bonchev–Trinajstić information content (AvgIpc) is 2.08. The standard InChI is InChI=1S/C10H13Br2NO/c1-7(2)3-4-13-6-8(11)5-9(12)10(13)14/h5-7H,3-4H2,1-2H3. The lowest BCUT2D eigenvalue weighted by atomic mass is 10.1. The second-order valence-corrected chi connectivity index (χ2v) is 5.46. The van der Waals surface area contributed by atoms with E-state index >= 15 is 0 Å². The third kappa shape index (κ3) is 3.24. The maximum Gasteiger partial charge on any atom is 0.264 e. The zero-order chi connectivity index (χ0) is 10.7. The van der Waals surface area contributed by atoms with Crippen molar-refractivity contribution in [3.8, 4) is 0 Å². The van der Waals surface area contributed by atoms with E-state index in [2.05, 4.69) is 45.7 Å². The lowest BCUT2D eigenvalue weighted by molar-refractivity contribution is 0.506. The molecule has 14 heavy (non-hydrogen) atoms. The number of hydrogen-bond donors (Lipinski definition) is 0. The van der Waals surface area contributed by atoms with Gasteiger partial charge in [0.25, 0.3) is 5.56 Å². The molecule has 78 valence electrons. The molecule has 0 unspecified atom stereocenters. The van der Waals surface area contributed by atoms with Crippen molar-refractivity contribution in [1.29, 1.82) is 0 Å². The van der Waals surface area contributed by atoms with Crippen LogP contribution in [0.3, 0.4) is 0 Å². The number of halogens is 2. The third-order valence-corrected chi connectivity index (χ3v) is 2.96. The molecule has 0 fully saturated rings. The third-order valence-electron chi connectivity index (χ3n) is 1.96. The van der Waals surface area contributed by atoms with Crippen molar-refractivity contribution in [1.82, 2.24) is 4.57 Å². The largest absolute Gasteiger partial charge is 0.313 e. The van der Waals surface area contributed by atoms with E-state index in [0.29, 0.717) is 10.4 Å². The Labute approximate surface area is 101 Å². The molecule has 0 saturated carbocycles. The monoisotopic (exact) mass is 321 g/mol. The van der Waals surface area contributed by atoms with Gasteiger partial charge in [0.15, 0.2) is 0 Å². The van der Waals surface area contributed by atoms with Gasteiger partial charge in [0.05, 0.1) is 4.47 Å². The molecule has 0 radical (unpaired) electrons. The minimum absolute atomic E-state index is 0.0360. The first-order valence-electron chi connectivity index (χ1n) is 4.56. The van der Waals surface area contributed by atoms with Gasteiger partial charge in [-0.15, -0.1) is 0 Å². The fourth-order valence-electron chi connectivity index (χ4n) is 1.13. The summed E-state index contributed by atoms with van der Waals surface area (Å²) in [6.07, 6.45) is 2.85. The Morgan fingerprint density at radius 3 is 2.64 bits per heavy atom. The van der Waals surface area contributed by atoms with Crippen LogP contribution in [0.5, 0.6) is 0 Å². The van der Waals surface area contributed by atoms with Crippen LogP contribution in [0.2, 0.25) is 0 Å². The predicted molar refractivity (Wildman–Crippen MR) is 65.6 cm³/mol. The topological polar surface area (TPSA) is 22.0 Å². The summed E-state index contributed by atoms with van der Waals surface area (Å²) in [6.45, 7) is 5.07. The van der Waals surface area contributed by atoms with Crippen LogP contribution in [0.15, 0.2) is 26.0 Å². The molecule has 4 heteroatoms. The number of pyridine rings is 1. The quantitative estimate of drug-likeness (QED) is 0.835. The summed E-state index contributed by atoms with van der Waals surface area (Å²) in [5, 5.41) is 0. The van der Waals surface area contributed by atoms with Gasteiger partial charge < -0.3 is 4.57 Å². The molecule has 0 atom stereocenters. The van der Waals surface area contributed by atoms with Gasteiger partial charge >= 0.3 is 0 Å². The Hall–Kier alpha value is -0.0900. The molecule has 1 aromatic heterocycles. The van der Waals surface area contributed by atoms with Crippen LogP contribution >= 0.6 is 31.9 Å². The zero-order valence-electron chi connectivity index (χ0n) is 8.26. The van der Waals surface area contributed by atoms with E-state index in [0.717, 1.165) is 17.4 Å².